The van der Waals surface area contributed by atoms with Gasteiger partial charge in [0.1, 0.15) is 48.6 Å². The molecule has 47 heteroatoms. The highest BCUT2D eigenvalue weighted by atomic mass is 35.5. The van der Waals surface area contributed by atoms with Crippen LogP contribution in [0.4, 0.5) is 29.7 Å². The van der Waals surface area contributed by atoms with Crippen LogP contribution < -0.4 is 47.3 Å². The van der Waals surface area contributed by atoms with Gasteiger partial charge in [-0.25, -0.2) is 38.4 Å². The van der Waals surface area contributed by atoms with Crippen molar-refractivity contribution in [3.8, 4) is 28.7 Å². The van der Waals surface area contributed by atoms with E-state index in [-0.39, 0.29) is 35.0 Å². The number of anilines is 5. The fraction of sp³-hybridized carbons (Fsp3) is 0.495. The van der Waals surface area contributed by atoms with Crippen molar-refractivity contribution < 1.29 is 65.8 Å². The van der Waals surface area contributed by atoms with Crippen molar-refractivity contribution in [1.29, 1.82) is 0 Å². The second-order valence-corrected chi connectivity index (χ2v) is 52.1. The minimum atomic E-state index is -3.61. The van der Waals surface area contributed by atoms with Gasteiger partial charge in [-0.1, -0.05) is 76.0 Å². The van der Waals surface area contributed by atoms with E-state index in [1.807, 2.05) is 61.2 Å². The Balaban J connectivity index is 0.000000105. The normalized spacial score (nSPS) is 22.8. The number of rotatable bonds is 31. The summed E-state index contributed by atoms with van der Waals surface area (Å²) in [5.74, 6) is 11.8. The van der Waals surface area contributed by atoms with Gasteiger partial charge >= 0.3 is 10.2 Å². The third-order valence-electron chi connectivity index (χ3n) is 29.2. The molecule has 1 aliphatic heterocycles. The maximum atomic E-state index is 12.4. The number of benzene rings is 3. The molecule has 13 aromatic rings. The molecule has 0 atom stereocenters. The lowest BCUT2D eigenvalue weighted by molar-refractivity contribution is -0.0747. The number of nitrogens with zero attached hydrogens (tertiary/aromatic N) is 16. The molecule has 5 N–H and O–H groups in total. The third-order valence-corrected chi connectivity index (χ3v) is 36.4. The molecule has 1 saturated heterocycles. The van der Waals surface area contributed by atoms with Gasteiger partial charge in [0.05, 0.1) is 67.4 Å². The zero-order chi connectivity index (χ0) is 98.7. The molecule has 13 aliphatic carbocycles. The molecule has 27 rings (SSSR count). The van der Waals surface area contributed by atoms with Crippen LogP contribution in [0.3, 0.4) is 0 Å². The average Bonchev–Trinajstić information content (AvgIpc) is 1.58. The molecule has 10 aromatic heterocycles. The van der Waals surface area contributed by atoms with Gasteiger partial charge in [-0.2, -0.15) is 12.7 Å². The Hall–Kier alpha value is -9.79. The number of hydrogen-bond donors (Lipinski definition) is 5. The Morgan fingerprint density at radius 1 is 0.331 bits per heavy atom. The molecule has 0 spiro atoms. The highest BCUT2D eigenvalue weighted by Gasteiger charge is 2.53. The number of aromatic nitrogens is 15. The summed E-state index contributed by atoms with van der Waals surface area (Å²) in [5.41, 5.74) is 11.0. The van der Waals surface area contributed by atoms with Gasteiger partial charge in [0.25, 0.3) is 0 Å². The predicted molar refractivity (Wildman–Crippen MR) is 542 cm³/mol. The molecule has 0 amide bonds. The summed E-state index contributed by atoms with van der Waals surface area (Å²) in [7, 11) is -17.3. The third kappa shape index (κ3) is 22.7. The topological polar surface area (TPSA) is 431 Å². The molecule has 142 heavy (non-hydrogen) atoms. The Morgan fingerprint density at radius 2 is 0.655 bits per heavy atom. The van der Waals surface area contributed by atoms with E-state index >= 15 is 0 Å². The van der Waals surface area contributed by atoms with Gasteiger partial charge in [-0.3, -0.25) is 40.9 Å². The van der Waals surface area contributed by atoms with Crippen LogP contribution in [-0.2, 0) is 70.1 Å². The van der Waals surface area contributed by atoms with E-state index in [1.54, 1.807) is 82.8 Å². The van der Waals surface area contributed by atoms with Gasteiger partial charge < -0.3 is 23.7 Å². The van der Waals surface area contributed by atoms with Gasteiger partial charge in [0.15, 0.2) is 28.2 Å². The number of ether oxygens (including phenoxy) is 5. The largest absolute Gasteiger partial charge is 0.493 e. The first-order chi connectivity index (χ1) is 67.8. The standard InChI is InChI=1S/C22H30N4O3S.C19H19Cl2N5O3S.C19H18Cl2N4O3S.C18H24N4O3S.C17H16Cl2N4O3S/c1-30(27,28)25-21-24-23-20-8-19(18(12-26(20)21)17-3-2-4-17)29-13-22-9-14-5-15(10-22)7-16(6-14)11-22;20-16-5-4-14(9-17(16)21)29-11-13-8-18-22-23-19(24-30(27,28)25-6-1-7-25)26(18)10-15(13)12-2-3-12;20-16-6-3-13(8-17(16)21)28-10-12-7-18-22-23-19(24-29(26,27)14-4-5-14)25(18)9-15(12)11-1-2-11;1-26(23,24)21-17-20-19-16-7-15(2-3-22(16)17)25-11-18-8-12-4-13(9-18)6-14(5-12)10-18;1-27(24,25)22-17-21-20-16-6-11(13(8-23(16)17)10-2-3-10)9-26-12-4-5-14(18)15(19)7-12/h8,12,14-17H,2-7,9-11,13H2,1H3,(H,24,25);4-5,8-10,12H,1-3,6-7,11H2,(H,23,24);3,6-9,11,14H,1-2,4-5,10H2,(H,23,24);2-3,7,12-14H,4-6,8-11H2,1H3,(H,20,21);4-8,10H,2-3,9H2,1H3,(H,21,22). The Bertz CT molecular complexity index is 7590. The van der Waals surface area contributed by atoms with Gasteiger partial charge in [0, 0.05) is 90.8 Å². The van der Waals surface area contributed by atoms with Crippen LogP contribution in [0.2, 0.25) is 30.1 Å². The number of nitrogens with one attached hydrogen (secondary N) is 5. The minimum Gasteiger partial charge on any atom is -0.493 e. The Kier molecular flexibility index (Phi) is 27.1. The van der Waals surface area contributed by atoms with E-state index in [0.29, 0.717) is 156 Å². The molecule has 3 aromatic carbocycles. The number of pyridine rings is 5. The van der Waals surface area contributed by atoms with Crippen LogP contribution in [0.5, 0.6) is 28.7 Å². The monoisotopic (exact) mass is 2150 g/mol. The van der Waals surface area contributed by atoms with Crippen LogP contribution in [0.1, 0.15) is 217 Å². The summed E-state index contributed by atoms with van der Waals surface area (Å²) in [5, 5.41) is 42.9. The molecule has 0 radical (unpaired) electrons. The van der Waals surface area contributed by atoms with E-state index < -0.39 is 50.3 Å². The molecule has 14 fully saturated rings. The summed E-state index contributed by atoms with van der Waals surface area (Å²) in [6.45, 7) is 3.63. The zero-order valence-electron chi connectivity index (χ0n) is 77.9. The van der Waals surface area contributed by atoms with Gasteiger partial charge in [-0.15, -0.1) is 51.0 Å². The van der Waals surface area contributed by atoms with Crippen molar-refractivity contribution in [1.82, 2.24) is 77.3 Å². The molecule has 11 heterocycles. The van der Waals surface area contributed by atoms with E-state index in [0.717, 1.165) is 176 Å². The molecule has 13 saturated carbocycles. The molecule has 0 unspecified atom stereocenters. The number of halogens is 6. The van der Waals surface area contributed by atoms with Crippen LogP contribution in [0.25, 0.3) is 28.2 Å². The predicted octanol–water partition coefficient (Wildman–Crippen LogP) is 18.8. The summed E-state index contributed by atoms with van der Waals surface area (Å²) >= 11 is 36.0. The van der Waals surface area contributed by atoms with E-state index in [4.69, 9.17) is 93.3 Å². The molecular formula is C95H107Cl6N21O15S5. The molecule has 754 valence electrons. The number of sulfonamides is 4. The Labute approximate surface area is 851 Å². The Morgan fingerprint density at radius 3 is 0.986 bits per heavy atom. The smallest absolute Gasteiger partial charge is 0.303 e. The quantitative estimate of drug-likeness (QED) is 0.0269. The van der Waals surface area contributed by atoms with Crippen molar-refractivity contribution >= 4 is 178 Å². The summed E-state index contributed by atoms with van der Waals surface area (Å²) < 4.78 is 171. The first-order valence-corrected chi connectivity index (χ1v) is 58.9. The van der Waals surface area contributed by atoms with Crippen molar-refractivity contribution in [3.05, 3.63) is 191 Å². The molecular weight excluding hydrogens is 2050 g/mol. The number of fused-ring (bicyclic) bond motifs is 5. The van der Waals surface area contributed by atoms with E-state index in [9.17, 15) is 42.1 Å². The van der Waals surface area contributed by atoms with Crippen molar-refractivity contribution in [2.45, 2.75) is 203 Å². The summed E-state index contributed by atoms with van der Waals surface area (Å²) in [4.78, 5) is 0. The van der Waals surface area contributed by atoms with Gasteiger partial charge in [-0.05, 0) is 301 Å². The molecule has 36 nitrogen and oxygen atoms in total. The summed E-state index contributed by atoms with van der Waals surface area (Å²) in [6.07, 6.45) is 41.6. The lowest BCUT2D eigenvalue weighted by Crippen LogP contribution is -2.48. The lowest BCUT2D eigenvalue weighted by Gasteiger charge is -2.56. The van der Waals surface area contributed by atoms with Crippen LogP contribution >= 0.6 is 69.6 Å². The fourth-order valence-electron chi connectivity index (χ4n) is 22.4. The SMILES string of the molecule is CS(=O)(=O)Nc1nnc2cc(COc3ccc(Cl)c(Cl)c3)c(C3CC3)cn12.CS(=O)(=O)Nc1nnc2cc(OCC34CC5CC(CC(C5)C3)C4)c(C3CCC3)cn12.CS(=O)(=O)Nc1nnc2cc(OCC34CC5CC(CC(C5)C3)C4)ccn12.O=S(=O)(Nc1nnc2cc(COc3ccc(Cl)c(Cl)c3)c(C3CC3)cn12)C1CC1.O=S(=O)(Nc1nnc2cc(COc3ccc(Cl)c(Cl)c3)c(C3CC3)cn12)N1CCC1. The van der Waals surface area contributed by atoms with Crippen LogP contribution in [0, 0.1) is 46.3 Å². The maximum Gasteiger partial charge on any atom is 0.303 e. The van der Waals surface area contributed by atoms with Gasteiger partial charge in [0.2, 0.25) is 69.8 Å². The second kappa shape index (κ2) is 39.2. The average molecular weight is 2160 g/mol. The minimum absolute atomic E-state index is 0.173. The highest BCUT2D eigenvalue weighted by Crippen LogP contribution is 2.62. The highest BCUT2D eigenvalue weighted by molar-refractivity contribution is 7.93. The first-order valence-electron chi connectivity index (χ1n) is 47.9. The second-order valence-electron chi connectivity index (χ2n) is 40.8. The van der Waals surface area contributed by atoms with Crippen molar-refractivity contribution in [2.75, 3.05) is 68.7 Å². The summed E-state index contributed by atoms with van der Waals surface area (Å²) in [6, 6.07) is 26.7. The first kappa shape index (κ1) is 98.2. The van der Waals surface area contributed by atoms with E-state index in [1.165, 1.54) is 87.8 Å². The van der Waals surface area contributed by atoms with Crippen LogP contribution in [-0.4, -0.2) is 170 Å². The fourth-order valence-corrected chi connectivity index (χ4v) is 27.2. The van der Waals surface area contributed by atoms with Crippen molar-refractivity contribution in [2.24, 2.45) is 46.3 Å². The van der Waals surface area contributed by atoms with Crippen LogP contribution in [0.15, 0.2) is 122 Å². The molecule has 14 aliphatic rings. The molecule has 8 bridgehead atoms. The number of hydrogen-bond acceptors (Lipinski definition) is 25. The van der Waals surface area contributed by atoms with Crippen molar-refractivity contribution in [3.63, 3.8) is 0 Å². The van der Waals surface area contributed by atoms with E-state index in [2.05, 4.69) is 74.6 Å². The maximum absolute atomic E-state index is 12.4. The lowest BCUT2D eigenvalue weighted by atomic mass is 9.50. The zero-order valence-corrected chi connectivity index (χ0v) is 86.5.